The van der Waals surface area contributed by atoms with Crippen LogP contribution in [0.4, 0.5) is 14.6 Å². The average molecular weight is 244 g/mol. The number of thiazole rings is 1. The molecule has 0 amide bonds. The molecule has 1 N–H and O–H groups in total. The van der Waals surface area contributed by atoms with Crippen molar-refractivity contribution in [3.63, 3.8) is 0 Å². The van der Waals surface area contributed by atoms with Crippen LogP contribution >= 0.6 is 11.3 Å². The minimum atomic E-state index is -2.60. The number of rotatable bonds is 4. The molecule has 0 saturated carbocycles. The van der Waals surface area contributed by atoms with Crippen molar-refractivity contribution in [2.45, 2.75) is 20.0 Å². The highest BCUT2D eigenvalue weighted by Crippen LogP contribution is 2.15. The van der Waals surface area contributed by atoms with Crippen LogP contribution in [-0.2, 0) is 6.54 Å². The first-order valence-electron chi connectivity index (χ1n) is 4.63. The lowest BCUT2D eigenvalue weighted by atomic mass is 10.5. The van der Waals surface area contributed by atoms with E-state index in [0.29, 0.717) is 17.0 Å². The summed E-state index contributed by atoms with van der Waals surface area (Å²) in [6.45, 7) is -0.132. The number of nitrogens with zero attached hydrogens (tertiary/aromatic N) is 3. The van der Waals surface area contributed by atoms with Gasteiger partial charge in [0, 0.05) is 23.3 Å². The second-order valence-electron chi connectivity index (χ2n) is 3.16. The van der Waals surface area contributed by atoms with Crippen LogP contribution in [0.25, 0.3) is 0 Å². The van der Waals surface area contributed by atoms with Crippen LogP contribution in [0, 0.1) is 6.92 Å². The fourth-order valence-corrected chi connectivity index (χ4v) is 1.94. The minimum absolute atomic E-state index is 0.436. The standard InChI is InChI=1S/C9H10F2N4S/c1-6-12-4-7(16-6)5-13-8-2-3-15(14-8)9(10)11/h2-4,9H,5H2,1H3,(H,13,14). The zero-order valence-electron chi connectivity index (χ0n) is 8.52. The first-order chi connectivity index (χ1) is 7.65. The molecule has 0 aliphatic rings. The molecule has 2 heterocycles. The van der Waals surface area contributed by atoms with Gasteiger partial charge in [0.15, 0.2) is 0 Å². The number of aryl methyl sites for hydroxylation is 1. The molecule has 0 unspecified atom stereocenters. The monoisotopic (exact) mass is 244 g/mol. The lowest BCUT2D eigenvalue weighted by Gasteiger charge is -2.00. The zero-order chi connectivity index (χ0) is 11.5. The molecule has 2 aromatic rings. The van der Waals surface area contributed by atoms with Gasteiger partial charge in [0.2, 0.25) is 0 Å². The molecule has 0 atom stereocenters. The molecule has 2 rings (SSSR count). The lowest BCUT2D eigenvalue weighted by Crippen LogP contribution is -2.02. The number of hydrogen-bond donors (Lipinski definition) is 1. The van der Waals surface area contributed by atoms with E-state index in [1.165, 1.54) is 12.3 Å². The number of anilines is 1. The Hall–Kier alpha value is -1.50. The maximum absolute atomic E-state index is 12.2. The van der Waals surface area contributed by atoms with Crippen molar-refractivity contribution in [1.29, 1.82) is 0 Å². The highest BCUT2D eigenvalue weighted by atomic mass is 32.1. The maximum atomic E-state index is 12.2. The molecule has 4 nitrogen and oxygen atoms in total. The van der Waals surface area contributed by atoms with Gasteiger partial charge in [-0.25, -0.2) is 9.67 Å². The Morgan fingerprint density at radius 2 is 2.38 bits per heavy atom. The normalized spacial score (nSPS) is 11.0. The fraction of sp³-hybridized carbons (Fsp3) is 0.333. The Balaban J connectivity index is 1.94. The van der Waals surface area contributed by atoms with Gasteiger partial charge in [0.1, 0.15) is 5.82 Å². The molecule has 0 radical (unpaired) electrons. The molecule has 2 aromatic heterocycles. The van der Waals surface area contributed by atoms with Crippen molar-refractivity contribution in [3.8, 4) is 0 Å². The van der Waals surface area contributed by atoms with Gasteiger partial charge in [-0.2, -0.15) is 13.9 Å². The van der Waals surface area contributed by atoms with E-state index in [1.54, 1.807) is 17.5 Å². The Morgan fingerprint density at radius 3 is 2.94 bits per heavy atom. The molecule has 0 aromatic carbocycles. The molecular weight excluding hydrogens is 234 g/mol. The topological polar surface area (TPSA) is 42.7 Å². The number of alkyl halides is 2. The summed E-state index contributed by atoms with van der Waals surface area (Å²) in [6.07, 6.45) is 3.00. The third kappa shape index (κ3) is 2.54. The highest BCUT2D eigenvalue weighted by molar-refractivity contribution is 7.11. The Bertz CT molecular complexity index is 466. The summed E-state index contributed by atoms with van der Waals surface area (Å²) >= 11 is 1.56. The van der Waals surface area contributed by atoms with Gasteiger partial charge in [-0.3, -0.25) is 0 Å². The van der Waals surface area contributed by atoms with Gasteiger partial charge < -0.3 is 5.32 Å². The van der Waals surface area contributed by atoms with Gasteiger partial charge >= 0.3 is 6.55 Å². The molecular formula is C9H10F2N4S. The van der Waals surface area contributed by atoms with Gasteiger partial charge in [0.05, 0.1) is 11.6 Å². The van der Waals surface area contributed by atoms with Crippen molar-refractivity contribution < 1.29 is 8.78 Å². The minimum Gasteiger partial charge on any atom is -0.364 e. The van der Waals surface area contributed by atoms with Crippen molar-refractivity contribution in [2.75, 3.05) is 5.32 Å². The SMILES string of the molecule is Cc1ncc(CNc2ccn(C(F)F)n2)s1. The van der Waals surface area contributed by atoms with E-state index in [-0.39, 0.29) is 0 Å². The maximum Gasteiger partial charge on any atom is 0.333 e. The number of halogens is 2. The Kier molecular flexibility index (Phi) is 3.14. The van der Waals surface area contributed by atoms with Crippen LogP contribution in [0.3, 0.4) is 0 Å². The van der Waals surface area contributed by atoms with Crippen LogP contribution in [-0.4, -0.2) is 14.8 Å². The van der Waals surface area contributed by atoms with Gasteiger partial charge in [-0.1, -0.05) is 0 Å². The predicted octanol–water partition coefficient (Wildman–Crippen LogP) is 2.66. The second kappa shape index (κ2) is 4.56. The van der Waals surface area contributed by atoms with Crippen molar-refractivity contribution in [2.24, 2.45) is 0 Å². The van der Waals surface area contributed by atoms with Crippen molar-refractivity contribution in [3.05, 3.63) is 28.3 Å². The number of aromatic nitrogens is 3. The molecule has 16 heavy (non-hydrogen) atoms. The van der Waals surface area contributed by atoms with Crippen LogP contribution < -0.4 is 5.32 Å². The van der Waals surface area contributed by atoms with E-state index in [9.17, 15) is 8.78 Å². The molecule has 86 valence electrons. The summed E-state index contributed by atoms with van der Waals surface area (Å²) < 4.78 is 25.0. The average Bonchev–Trinajstić information content (AvgIpc) is 2.83. The Morgan fingerprint density at radius 1 is 1.56 bits per heavy atom. The lowest BCUT2D eigenvalue weighted by molar-refractivity contribution is 0.0569. The van der Waals surface area contributed by atoms with E-state index in [4.69, 9.17) is 0 Å². The summed E-state index contributed by atoms with van der Waals surface area (Å²) in [7, 11) is 0. The van der Waals surface area contributed by atoms with Gasteiger partial charge in [-0.15, -0.1) is 11.3 Å². The molecule has 0 aliphatic heterocycles. The number of hydrogen-bond acceptors (Lipinski definition) is 4. The molecule has 7 heteroatoms. The van der Waals surface area contributed by atoms with Gasteiger partial charge in [-0.05, 0) is 6.92 Å². The van der Waals surface area contributed by atoms with E-state index in [0.717, 1.165) is 9.88 Å². The summed E-state index contributed by atoms with van der Waals surface area (Å²) in [5, 5.41) is 7.61. The molecule has 0 fully saturated rings. The number of nitrogens with one attached hydrogen (secondary N) is 1. The van der Waals surface area contributed by atoms with Crippen LogP contribution in [0.15, 0.2) is 18.5 Å². The highest BCUT2D eigenvalue weighted by Gasteiger charge is 2.07. The van der Waals surface area contributed by atoms with Gasteiger partial charge in [0.25, 0.3) is 0 Å². The first kappa shape index (κ1) is 11.0. The molecule has 0 saturated heterocycles. The zero-order valence-corrected chi connectivity index (χ0v) is 9.34. The third-order valence-corrected chi connectivity index (χ3v) is 2.83. The first-order valence-corrected chi connectivity index (χ1v) is 5.45. The molecule has 0 aliphatic carbocycles. The summed E-state index contributed by atoms with van der Waals surface area (Å²) in [4.78, 5) is 5.14. The third-order valence-electron chi connectivity index (χ3n) is 1.92. The van der Waals surface area contributed by atoms with Crippen LogP contribution in [0.5, 0.6) is 0 Å². The predicted molar refractivity (Wildman–Crippen MR) is 57.7 cm³/mol. The van der Waals surface area contributed by atoms with E-state index >= 15 is 0 Å². The second-order valence-corrected chi connectivity index (χ2v) is 4.48. The smallest absolute Gasteiger partial charge is 0.333 e. The molecule has 0 bridgehead atoms. The molecule has 0 spiro atoms. The van der Waals surface area contributed by atoms with E-state index in [2.05, 4.69) is 15.4 Å². The Labute approximate surface area is 94.9 Å². The van der Waals surface area contributed by atoms with Crippen LogP contribution in [0.1, 0.15) is 16.4 Å². The van der Waals surface area contributed by atoms with Crippen molar-refractivity contribution >= 4 is 17.2 Å². The fourth-order valence-electron chi connectivity index (χ4n) is 1.21. The van der Waals surface area contributed by atoms with E-state index in [1.807, 2.05) is 6.92 Å². The largest absolute Gasteiger partial charge is 0.364 e. The quantitative estimate of drug-likeness (QED) is 0.899. The van der Waals surface area contributed by atoms with Crippen LogP contribution in [0.2, 0.25) is 0 Å². The van der Waals surface area contributed by atoms with Crippen molar-refractivity contribution in [1.82, 2.24) is 14.8 Å². The van der Waals surface area contributed by atoms with E-state index < -0.39 is 6.55 Å². The summed E-state index contributed by atoms with van der Waals surface area (Å²) in [6, 6.07) is 1.51. The summed E-state index contributed by atoms with van der Waals surface area (Å²) in [5.74, 6) is 0.436. The summed E-state index contributed by atoms with van der Waals surface area (Å²) in [5.41, 5.74) is 0.